The molecular weight excluding hydrogens is 332 g/mol. The van der Waals surface area contributed by atoms with Crippen molar-refractivity contribution in [3.05, 3.63) is 18.2 Å². The highest BCUT2D eigenvalue weighted by Crippen LogP contribution is 2.33. The normalized spacial score (nSPS) is 17.8. The predicted molar refractivity (Wildman–Crippen MR) is 103 cm³/mol. The van der Waals surface area contributed by atoms with Gasteiger partial charge in [-0.1, -0.05) is 0 Å². The largest absolute Gasteiger partial charge is 0.490 e. The highest BCUT2D eigenvalue weighted by Gasteiger charge is 2.31. The van der Waals surface area contributed by atoms with Gasteiger partial charge in [0, 0.05) is 37.4 Å². The third-order valence-electron chi connectivity index (χ3n) is 4.15. The van der Waals surface area contributed by atoms with E-state index in [9.17, 15) is 4.79 Å². The average Bonchev–Trinajstić information content (AvgIpc) is 2.55. The Balaban J connectivity index is 2.08. The van der Waals surface area contributed by atoms with Gasteiger partial charge in [-0.2, -0.15) is 0 Å². The summed E-state index contributed by atoms with van der Waals surface area (Å²) in [5.41, 5.74) is 0.600. The van der Waals surface area contributed by atoms with Gasteiger partial charge in [-0.3, -0.25) is 0 Å². The van der Waals surface area contributed by atoms with Gasteiger partial charge < -0.3 is 24.0 Å². The van der Waals surface area contributed by atoms with E-state index in [1.165, 1.54) is 0 Å². The van der Waals surface area contributed by atoms with Gasteiger partial charge >= 0.3 is 6.09 Å². The van der Waals surface area contributed by atoms with Crippen LogP contribution >= 0.6 is 0 Å². The zero-order chi connectivity index (χ0) is 19.3. The second kappa shape index (κ2) is 8.52. The van der Waals surface area contributed by atoms with Gasteiger partial charge in [0.15, 0.2) is 11.5 Å². The van der Waals surface area contributed by atoms with Crippen molar-refractivity contribution in [1.29, 1.82) is 0 Å². The monoisotopic (exact) mass is 364 g/mol. The molecule has 146 valence electrons. The Labute approximate surface area is 157 Å². The number of piperazine rings is 1. The van der Waals surface area contributed by atoms with Gasteiger partial charge in [-0.05, 0) is 53.7 Å². The second-order valence-electron chi connectivity index (χ2n) is 7.47. The number of hydrogen-bond donors (Lipinski definition) is 0. The molecule has 6 nitrogen and oxygen atoms in total. The van der Waals surface area contributed by atoms with Crippen molar-refractivity contribution in [2.45, 2.75) is 53.2 Å². The minimum atomic E-state index is -0.477. The summed E-state index contributed by atoms with van der Waals surface area (Å²) in [4.78, 5) is 16.4. The molecule has 1 saturated heterocycles. The van der Waals surface area contributed by atoms with Gasteiger partial charge in [0.1, 0.15) is 5.60 Å². The van der Waals surface area contributed by atoms with Crippen LogP contribution in [0.1, 0.15) is 41.5 Å². The van der Waals surface area contributed by atoms with Crippen LogP contribution in [0.15, 0.2) is 18.2 Å². The van der Waals surface area contributed by atoms with Crippen LogP contribution < -0.4 is 14.4 Å². The molecule has 1 aliphatic heterocycles. The molecule has 1 aliphatic rings. The summed E-state index contributed by atoms with van der Waals surface area (Å²) in [5.74, 6) is 1.52. The quantitative estimate of drug-likeness (QED) is 0.792. The minimum absolute atomic E-state index is 0.0701. The number of rotatable bonds is 5. The van der Waals surface area contributed by atoms with E-state index in [2.05, 4.69) is 4.90 Å². The number of hydrogen-bond acceptors (Lipinski definition) is 5. The summed E-state index contributed by atoms with van der Waals surface area (Å²) >= 11 is 0. The maximum Gasteiger partial charge on any atom is 0.410 e. The first-order chi connectivity index (χ1) is 12.2. The van der Waals surface area contributed by atoms with Crippen molar-refractivity contribution >= 4 is 11.8 Å². The van der Waals surface area contributed by atoms with Crippen molar-refractivity contribution in [1.82, 2.24) is 4.90 Å². The first kappa shape index (κ1) is 20.2. The van der Waals surface area contributed by atoms with E-state index in [4.69, 9.17) is 14.2 Å². The van der Waals surface area contributed by atoms with E-state index < -0.39 is 5.60 Å². The van der Waals surface area contributed by atoms with E-state index in [0.29, 0.717) is 19.8 Å². The molecule has 0 unspecified atom stereocenters. The topological polar surface area (TPSA) is 51.2 Å². The maximum absolute atomic E-state index is 12.4. The van der Waals surface area contributed by atoms with E-state index in [1.807, 2.05) is 59.7 Å². The predicted octanol–water partition coefficient (Wildman–Crippen LogP) is 3.93. The summed E-state index contributed by atoms with van der Waals surface area (Å²) in [6, 6.07) is 6.09. The molecule has 26 heavy (non-hydrogen) atoms. The number of amides is 1. The molecule has 0 aromatic heterocycles. The fraction of sp³-hybridized carbons (Fsp3) is 0.650. The molecule has 0 bridgehead atoms. The van der Waals surface area contributed by atoms with Crippen molar-refractivity contribution in [3.8, 4) is 11.5 Å². The lowest BCUT2D eigenvalue weighted by atomic mass is 10.1. The maximum atomic E-state index is 12.4. The number of nitrogens with zero attached hydrogens (tertiary/aromatic N) is 2. The van der Waals surface area contributed by atoms with Crippen molar-refractivity contribution in [2.24, 2.45) is 0 Å². The molecule has 1 heterocycles. The fourth-order valence-electron chi connectivity index (χ4n) is 3.02. The summed E-state index contributed by atoms with van der Waals surface area (Å²) < 4.78 is 16.9. The lowest BCUT2D eigenvalue weighted by Gasteiger charge is -2.41. The SMILES string of the molecule is CCOc1ccc(N2CCN(C(=O)OC(C)(C)C)[C@H](C)C2)cc1OCC. The summed E-state index contributed by atoms with van der Waals surface area (Å²) in [7, 11) is 0. The zero-order valence-electron chi connectivity index (χ0n) is 16.9. The van der Waals surface area contributed by atoms with Crippen molar-refractivity contribution in [2.75, 3.05) is 37.7 Å². The summed E-state index contributed by atoms with van der Waals surface area (Å²) in [5, 5.41) is 0. The van der Waals surface area contributed by atoms with Gasteiger partial charge in [-0.15, -0.1) is 0 Å². The molecule has 6 heteroatoms. The number of benzene rings is 1. The van der Waals surface area contributed by atoms with E-state index in [-0.39, 0.29) is 12.1 Å². The zero-order valence-corrected chi connectivity index (χ0v) is 16.9. The Morgan fingerprint density at radius 1 is 1.12 bits per heavy atom. The lowest BCUT2D eigenvalue weighted by Crippen LogP contribution is -2.55. The fourth-order valence-corrected chi connectivity index (χ4v) is 3.02. The Morgan fingerprint density at radius 2 is 1.77 bits per heavy atom. The van der Waals surface area contributed by atoms with Gasteiger partial charge in [0.05, 0.1) is 13.2 Å². The Morgan fingerprint density at radius 3 is 2.35 bits per heavy atom. The highest BCUT2D eigenvalue weighted by molar-refractivity contribution is 5.69. The second-order valence-corrected chi connectivity index (χ2v) is 7.47. The van der Waals surface area contributed by atoms with Crippen LogP contribution in [0, 0.1) is 0 Å². The van der Waals surface area contributed by atoms with Gasteiger partial charge in [-0.25, -0.2) is 4.79 Å². The van der Waals surface area contributed by atoms with Gasteiger partial charge in [0.2, 0.25) is 0 Å². The average molecular weight is 364 g/mol. The minimum Gasteiger partial charge on any atom is -0.490 e. The standard InChI is InChI=1S/C20H32N2O4/c1-7-24-17-10-9-16(13-18(17)25-8-2)21-11-12-22(15(3)14-21)19(23)26-20(4,5)6/h9-10,13,15H,7-8,11-12,14H2,1-6H3/t15-/m1/s1. The molecule has 1 fully saturated rings. The van der Waals surface area contributed by atoms with E-state index >= 15 is 0 Å². The first-order valence-corrected chi connectivity index (χ1v) is 9.39. The molecule has 0 aliphatic carbocycles. The molecule has 0 spiro atoms. The molecular formula is C20H32N2O4. The molecule has 0 radical (unpaired) electrons. The van der Waals surface area contributed by atoms with Crippen LogP contribution in [-0.4, -0.2) is 55.5 Å². The number of carbonyl (C=O) groups is 1. The lowest BCUT2D eigenvalue weighted by molar-refractivity contribution is 0.0159. The molecule has 1 atom stereocenters. The number of anilines is 1. The Hall–Kier alpha value is -2.11. The molecule has 0 N–H and O–H groups in total. The van der Waals surface area contributed by atoms with E-state index in [1.54, 1.807) is 4.90 Å². The van der Waals surface area contributed by atoms with Gasteiger partial charge in [0.25, 0.3) is 0 Å². The van der Waals surface area contributed by atoms with Crippen LogP contribution in [-0.2, 0) is 4.74 Å². The van der Waals surface area contributed by atoms with Crippen molar-refractivity contribution < 1.29 is 19.0 Å². The first-order valence-electron chi connectivity index (χ1n) is 9.39. The van der Waals surface area contributed by atoms with Crippen LogP contribution in [0.5, 0.6) is 11.5 Å². The molecule has 1 aromatic carbocycles. The summed E-state index contributed by atoms with van der Waals surface area (Å²) in [6.45, 7) is 15.0. The third-order valence-corrected chi connectivity index (χ3v) is 4.15. The highest BCUT2D eigenvalue weighted by atomic mass is 16.6. The number of carbonyl (C=O) groups excluding carboxylic acids is 1. The third kappa shape index (κ3) is 5.19. The molecule has 0 saturated carbocycles. The summed E-state index contributed by atoms with van der Waals surface area (Å²) in [6.07, 6.45) is -0.244. The van der Waals surface area contributed by atoms with Crippen molar-refractivity contribution in [3.63, 3.8) is 0 Å². The number of ether oxygens (including phenoxy) is 3. The van der Waals surface area contributed by atoms with Crippen LogP contribution in [0.2, 0.25) is 0 Å². The van der Waals surface area contributed by atoms with Crippen LogP contribution in [0.4, 0.5) is 10.5 Å². The molecule has 2 rings (SSSR count). The van der Waals surface area contributed by atoms with Crippen LogP contribution in [0.3, 0.4) is 0 Å². The molecule has 1 amide bonds. The van der Waals surface area contributed by atoms with E-state index in [0.717, 1.165) is 30.3 Å². The molecule has 1 aromatic rings. The van der Waals surface area contributed by atoms with Crippen LogP contribution in [0.25, 0.3) is 0 Å². The Kier molecular flexibility index (Phi) is 6.62. The smallest absolute Gasteiger partial charge is 0.410 e. The Bertz CT molecular complexity index is 612.